The summed E-state index contributed by atoms with van der Waals surface area (Å²) in [7, 11) is -1.66. The quantitative estimate of drug-likeness (QED) is 0.922. The summed E-state index contributed by atoms with van der Waals surface area (Å²) in [4.78, 5) is 4.16. The molecule has 0 bridgehead atoms. The van der Waals surface area contributed by atoms with Gasteiger partial charge in [-0.05, 0) is 43.9 Å². The van der Waals surface area contributed by atoms with Crippen LogP contribution in [0.5, 0.6) is 0 Å². The van der Waals surface area contributed by atoms with Crippen molar-refractivity contribution < 1.29 is 8.42 Å². The predicted molar refractivity (Wildman–Crippen MR) is 83.3 cm³/mol. The van der Waals surface area contributed by atoms with E-state index >= 15 is 0 Å². The highest BCUT2D eigenvalue weighted by molar-refractivity contribution is 7.89. The third-order valence-electron chi connectivity index (χ3n) is 4.30. The molecule has 3 unspecified atom stereocenters. The summed E-state index contributed by atoms with van der Waals surface area (Å²) in [6.07, 6.45) is 2.70. The van der Waals surface area contributed by atoms with Gasteiger partial charge in [0.2, 0.25) is 0 Å². The Hall–Kier alpha value is -0.980. The molecule has 0 aromatic carbocycles. The molecular formula is C15H25N3O2S. The lowest BCUT2D eigenvalue weighted by atomic mass is 9.88. The largest absolute Gasteiger partial charge is 0.316 e. The average Bonchev–Trinajstić information content (AvgIpc) is 2.43. The van der Waals surface area contributed by atoms with E-state index in [0.29, 0.717) is 24.9 Å². The van der Waals surface area contributed by atoms with Gasteiger partial charge < -0.3 is 5.32 Å². The van der Waals surface area contributed by atoms with Crippen molar-refractivity contribution in [1.82, 2.24) is 14.6 Å². The molecule has 1 aromatic heterocycles. The van der Waals surface area contributed by atoms with Gasteiger partial charge in [-0.15, -0.1) is 0 Å². The molecule has 1 aliphatic heterocycles. The van der Waals surface area contributed by atoms with E-state index in [9.17, 15) is 8.42 Å². The molecule has 0 spiro atoms. The number of hydrogen-bond donors (Lipinski definition) is 1. The highest BCUT2D eigenvalue weighted by atomic mass is 32.2. The summed E-state index contributed by atoms with van der Waals surface area (Å²) in [6, 6.07) is 3.45. The summed E-state index contributed by atoms with van der Waals surface area (Å²) in [5.41, 5.74) is 0.977. The number of pyridine rings is 1. The zero-order valence-electron chi connectivity index (χ0n) is 13.2. The van der Waals surface area contributed by atoms with Crippen LogP contribution in [0.2, 0.25) is 0 Å². The molecule has 1 aromatic rings. The van der Waals surface area contributed by atoms with Crippen LogP contribution in [-0.2, 0) is 16.6 Å². The van der Waals surface area contributed by atoms with Crippen LogP contribution in [0.3, 0.4) is 0 Å². The first-order valence-electron chi connectivity index (χ1n) is 7.47. The zero-order valence-corrected chi connectivity index (χ0v) is 14.0. The summed E-state index contributed by atoms with van der Waals surface area (Å²) < 4.78 is 27.2. The molecule has 21 heavy (non-hydrogen) atoms. The first-order valence-corrected chi connectivity index (χ1v) is 8.91. The van der Waals surface area contributed by atoms with Crippen LogP contribution in [0.15, 0.2) is 23.4 Å². The molecule has 5 nitrogen and oxygen atoms in total. The Labute approximate surface area is 127 Å². The van der Waals surface area contributed by atoms with Gasteiger partial charge in [-0.25, -0.2) is 13.4 Å². The van der Waals surface area contributed by atoms with E-state index in [1.54, 1.807) is 16.6 Å². The van der Waals surface area contributed by atoms with Gasteiger partial charge in [-0.1, -0.05) is 19.9 Å². The smallest absolute Gasteiger partial charge is 0.260 e. The standard InChI is InChI=1S/C15H25N3O2S/c1-11-7-12(2)13(3)18(10-11)21(19,20)15-6-5-14(8-16-4)9-17-15/h5-6,9,11-13,16H,7-8,10H2,1-4H3. The maximum absolute atomic E-state index is 12.8. The van der Waals surface area contributed by atoms with Crippen LogP contribution in [0, 0.1) is 11.8 Å². The first kappa shape index (κ1) is 16.4. The van der Waals surface area contributed by atoms with Crippen LogP contribution in [0.1, 0.15) is 32.8 Å². The van der Waals surface area contributed by atoms with E-state index in [4.69, 9.17) is 0 Å². The maximum Gasteiger partial charge on any atom is 0.260 e. The summed E-state index contributed by atoms with van der Waals surface area (Å²) in [5, 5.41) is 3.17. The van der Waals surface area contributed by atoms with Crippen molar-refractivity contribution in [2.45, 2.75) is 44.8 Å². The third-order valence-corrected chi connectivity index (χ3v) is 6.16. The first-order chi connectivity index (χ1) is 9.86. The van der Waals surface area contributed by atoms with Gasteiger partial charge >= 0.3 is 0 Å². The highest BCUT2D eigenvalue weighted by Gasteiger charge is 2.37. The van der Waals surface area contributed by atoms with E-state index < -0.39 is 10.0 Å². The summed E-state index contributed by atoms with van der Waals surface area (Å²) in [5.74, 6) is 0.752. The molecule has 1 aliphatic rings. The number of nitrogens with zero attached hydrogens (tertiary/aromatic N) is 2. The Morgan fingerprint density at radius 1 is 1.33 bits per heavy atom. The topological polar surface area (TPSA) is 62.3 Å². The highest BCUT2D eigenvalue weighted by Crippen LogP contribution is 2.31. The molecule has 0 saturated carbocycles. The Bertz CT molecular complexity index is 571. The Balaban J connectivity index is 2.28. The van der Waals surface area contributed by atoms with Crippen LogP contribution in [0.4, 0.5) is 0 Å². The Kier molecular flexibility index (Phi) is 5.01. The number of hydrogen-bond acceptors (Lipinski definition) is 4. The van der Waals surface area contributed by atoms with E-state index in [0.717, 1.165) is 12.0 Å². The minimum Gasteiger partial charge on any atom is -0.316 e. The van der Waals surface area contributed by atoms with E-state index in [-0.39, 0.29) is 11.1 Å². The Morgan fingerprint density at radius 3 is 2.62 bits per heavy atom. The zero-order chi connectivity index (χ0) is 15.6. The minimum absolute atomic E-state index is 0.0185. The average molecular weight is 311 g/mol. The van der Waals surface area contributed by atoms with Crippen molar-refractivity contribution in [3.05, 3.63) is 23.9 Å². The van der Waals surface area contributed by atoms with E-state index in [1.807, 2.05) is 20.0 Å². The second-order valence-electron chi connectivity index (χ2n) is 6.17. The number of sulfonamides is 1. The van der Waals surface area contributed by atoms with Crippen molar-refractivity contribution in [3.63, 3.8) is 0 Å². The van der Waals surface area contributed by atoms with Gasteiger partial charge in [0.1, 0.15) is 0 Å². The normalized spacial score (nSPS) is 27.7. The van der Waals surface area contributed by atoms with Crippen LogP contribution in [-0.4, -0.2) is 37.3 Å². The molecule has 0 aliphatic carbocycles. The van der Waals surface area contributed by atoms with Crippen LogP contribution in [0.25, 0.3) is 0 Å². The van der Waals surface area contributed by atoms with Crippen molar-refractivity contribution in [2.75, 3.05) is 13.6 Å². The fraction of sp³-hybridized carbons (Fsp3) is 0.667. The number of rotatable bonds is 4. The van der Waals surface area contributed by atoms with Gasteiger partial charge in [0.15, 0.2) is 5.03 Å². The monoisotopic (exact) mass is 311 g/mol. The van der Waals surface area contributed by atoms with Gasteiger partial charge in [0.05, 0.1) is 0 Å². The molecule has 3 atom stereocenters. The molecule has 1 saturated heterocycles. The number of aromatic nitrogens is 1. The van der Waals surface area contributed by atoms with Gasteiger partial charge in [0.25, 0.3) is 10.0 Å². The molecule has 6 heteroatoms. The molecule has 0 amide bonds. The molecule has 1 fully saturated rings. The van der Waals surface area contributed by atoms with Gasteiger partial charge in [-0.3, -0.25) is 0 Å². The molecule has 2 heterocycles. The number of piperidine rings is 1. The molecule has 1 N–H and O–H groups in total. The summed E-state index contributed by atoms with van der Waals surface area (Å²) >= 11 is 0. The molecule has 2 rings (SSSR count). The lowest BCUT2D eigenvalue weighted by Gasteiger charge is -2.39. The lowest BCUT2D eigenvalue weighted by molar-refractivity contribution is 0.157. The number of nitrogens with one attached hydrogen (secondary N) is 1. The van der Waals surface area contributed by atoms with E-state index in [2.05, 4.69) is 24.1 Å². The van der Waals surface area contributed by atoms with E-state index in [1.165, 1.54) is 0 Å². The fourth-order valence-electron chi connectivity index (χ4n) is 2.97. The summed E-state index contributed by atoms with van der Waals surface area (Å²) in [6.45, 7) is 7.47. The third kappa shape index (κ3) is 3.44. The van der Waals surface area contributed by atoms with Crippen LogP contribution >= 0.6 is 0 Å². The Morgan fingerprint density at radius 2 is 2.05 bits per heavy atom. The second-order valence-corrected chi connectivity index (χ2v) is 8.01. The van der Waals surface area contributed by atoms with Crippen molar-refractivity contribution in [1.29, 1.82) is 0 Å². The maximum atomic E-state index is 12.8. The van der Waals surface area contributed by atoms with Crippen LogP contribution < -0.4 is 5.32 Å². The lowest BCUT2D eigenvalue weighted by Crippen LogP contribution is -2.48. The van der Waals surface area contributed by atoms with Gasteiger partial charge in [-0.2, -0.15) is 4.31 Å². The van der Waals surface area contributed by atoms with Crippen molar-refractivity contribution >= 4 is 10.0 Å². The minimum atomic E-state index is -3.51. The predicted octanol–water partition coefficient (Wildman–Crippen LogP) is 1.86. The van der Waals surface area contributed by atoms with Gasteiger partial charge in [0, 0.05) is 25.3 Å². The van der Waals surface area contributed by atoms with Crippen molar-refractivity contribution in [2.24, 2.45) is 11.8 Å². The SMILES string of the molecule is CNCc1ccc(S(=O)(=O)N2CC(C)CC(C)C2C)nc1. The molecular weight excluding hydrogens is 286 g/mol. The molecule has 118 valence electrons. The van der Waals surface area contributed by atoms with Crippen molar-refractivity contribution in [3.8, 4) is 0 Å². The molecule has 0 radical (unpaired) electrons. The second kappa shape index (κ2) is 6.42. The fourth-order valence-corrected chi connectivity index (χ4v) is 4.74.